The molecule has 0 fully saturated rings. The zero-order chi connectivity index (χ0) is 18.0. The summed E-state index contributed by atoms with van der Waals surface area (Å²) in [4.78, 5) is 20.2. The summed E-state index contributed by atoms with van der Waals surface area (Å²) >= 11 is 0. The number of carbonyl (C=O) groups is 1. The van der Waals surface area contributed by atoms with Gasteiger partial charge in [-0.25, -0.2) is 18.2 Å². The maximum Gasteiger partial charge on any atom is 0.321 e. The van der Waals surface area contributed by atoms with Crippen molar-refractivity contribution < 1.29 is 13.2 Å². The summed E-state index contributed by atoms with van der Waals surface area (Å²) < 4.78 is 28.0. The van der Waals surface area contributed by atoms with E-state index in [-0.39, 0.29) is 16.6 Å². The number of H-pyrrole nitrogens is 1. The van der Waals surface area contributed by atoms with Gasteiger partial charge in [0, 0.05) is 31.9 Å². The third-order valence-electron chi connectivity index (χ3n) is 3.52. The minimum absolute atomic E-state index is 0.0874. The lowest BCUT2D eigenvalue weighted by Crippen LogP contribution is -2.28. The molecular weight excluding hydrogens is 342 g/mol. The number of urea groups is 1. The number of aromatic nitrogens is 2. The molecule has 0 radical (unpaired) electrons. The highest BCUT2D eigenvalue weighted by Crippen LogP contribution is 2.27. The molecule has 0 aliphatic rings. The molecule has 1 aromatic carbocycles. The third kappa shape index (κ3) is 3.41. The highest BCUT2D eigenvalue weighted by Gasteiger charge is 2.21. The number of rotatable bonds is 4. The molecule has 0 bridgehead atoms. The molecule has 0 saturated carbocycles. The molecule has 0 unspecified atom stereocenters. The van der Waals surface area contributed by atoms with Crippen LogP contribution in [-0.2, 0) is 10.0 Å². The molecule has 0 saturated heterocycles. The molecule has 25 heavy (non-hydrogen) atoms. The van der Waals surface area contributed by atoms with Gasteiger partial charge >= 0.3 is 6.03 Å². The molecule has 2 heterocycles. The summed E-state index contributed by atoms with van der Waals surface area (Å²) in [6.07, 6.45) is 2.97. The van der Waals surface area contributed by atoms with Crippen molar-refractivity contribution in [3.63, 3.8) is 0 Å². The number of fused-ring (bicyclic) bond motifs is 1. The van der Waals surface area contributed by atoms with Crippen LogP contribution in [0.5, 0.6) is 0 Å². The number of nitrogens with zero attached hydrogens (tertiary/aromatic N) is 2. The lowest BCUT2D eigenvalue weighted by atomic mass is 10.3. The summed E-state index contributed by atoms with van der Waals surface area (Å²) in [7, 11) is -0.665. The van der Waals surface area contributed by atoms with Gasteiger partial charge in [0.1, 0.15) is 10.5 Å². The van der Waals surface area contributed by atoms with E-state index in [0.29, 0.717) is 16.7 Å². The van der Waals surface area contributed by atoms with Crippen molar-refractivity contribution in [2.75, 3.05) is 24.1 Å². The summed E-state index contributed by atoms with van der Waals surface area (Å²) in [5.74, 6) is 0. The summed E-state index contributed by atoms with van der Waals surface area (Å²) in [5.41, 5.74) is 1.12. The number of anilines is 2. The van der Waals surface area contributed by atoms with Crippen LogP contribution in [0.1, 0.15) is 0 Å². The van der Waals surface area contributed by atoms with E-state index < -0.39 is 10.0 Å². The Morgan fingerprint density at radius 3 is 2.56 bits per heavy atom. The lowest BCUT2D eigenvalue weighted by molar-refractivity contribution is 0.230. The van der Waals surface area contributed by atoms with E-state index in [2.05, 4.69) is 20.0 Å². The van der Waals surface area contributed by atoms with E-state index in [1.165, 1.54) is 11.1 Å². The molecule has 0 aliphatic carbocycles. The number of carbonyl (C=O) groups excluding carboxylic acids is 1. The molecule has 0 atom stereocenters. The minimum atomic E-state index is -3.86. The van der Waals surface area contributed by atoms with Gasteiger partial charge in [-0.1, -0.05) is 12.1 Å². The summed E-state index contributed by atoms with van der Waals surface area (Å²) in [6, 6.07) is 9.57. The van der Waals surface area contributed by atoms with Crippen LogP contribution in [0.3, 0.4) is 0 Å². The fourth-order valence-electron chi connectivity index (χ4n) is 2.26. The average molecular weight is 359 g/mol. The fourth-order valence-corrected chi connectivity index (χ4v) is 3.51. The van der Waals surface area contributed by atoms with Crippen LogP contribution in [0.15, 0.2) is 53.7 Å². The Morgan fingerprint density at radius 2 is 1.84 bits per heavy atom. The van der Waals surface area contributed by atoms with Gasteiger partial charge in [-0.3, -0.25) is 4.72 Å². The molecule has 3 aromatic rings. The average Bonchev–Trinajstić information content (AvgIpc) is 3.01. The number of pyridine rings is 1. The molecule has 0 spiro atoms. The van der Waals surface area contributed by atoms with Gasteiger partial charge in [0.2, 0.25) is 0 Å². The van der Waals surface area contributed by atoms with Gasteiger partial charge in [0.05, 0.1) is 11.4 Å². The van der Waals surface area contributed by atoms with Crippen molar-refractivity contribution >= 4 is 38.5 Å². The van der Waals surface area contributed by atoms with Crippen LogP contribution in [0.2, 0.25) is 0 Å². The standard InChI is InChI=1S/C16H17N5O3S/c1-21(2)16(22)19-12-7-3-4-8-13(12)20-25(23,24)14-10-18-15-11(14)6-5-9-17-15/h3-10,20H,1-2H3,(H,17,18)(H,19,22). The Bertz CT molecular complexity index is 1030. The van der Waals surface area contributed by atoms with Crippen LogP contribution < -0.4 is 10.0 Å². The zero-order valence-corrected chi connectivity index (χ0v) is 14.5. The first-order valence-electron chi connectivity index (χ1n) is 7.41. The Labute approximate surface area is 144 Å². The summed E-state index contributed by atoms with van der Waals surface area (Å²) in [6.45, 7) is 0. The topological polar surface area (TPSA) is 107 Å². The first kappa shape index (κ1) is 16.8. The first-order chi connectivity index (χ1) is 11.9. The number of amides is 2. The van der Waals surface area contributed by atoms with E-state index in [9.17, 15) is 13.2 Å². The molecule has 3 rings (SSSR count). The number of hydrogen-bond acceptors (Lipinski definition) is 4. The molecule has 2 aromatic heterocycles. The maximum atomic E-state index is 12.8. The van der Waals surface area contributed by atoms with E-state index in [0.717, 1.165) is 0 Å². The minimum Gasteiger partial charge on any atom is -0.345 e. The normalized spacial score (nSPS) is 11.3. The first-order valence-corrected chi connectivity index (χ1v) is 8.89. The second-order valence-corrected chi connectivity index (χ2v) is 7.18. The number of para-hydroxylation sites is 2. The second kappa shape index (κ2) is 6.44. The van der Waals surface area contributed by atoms with Crippen LogP contribution in [0.4, 0.5) is 16.2 Å². The highest BCUT2D eigenvalue weighted by atomic mass is 32.2. The van der Waals surface area contributed by atoms with Crippen molar-refractivity contribution in [3.8, 4) is 0 Å². The van der Waals surface area contributed by atoms with Gasteiger partial charge in [0.15, 0.2) is 0 Å². The van der Waals surface area contributed by atoms with Crippen molar-refractivity contribution in [2.45, 2.75) is 4.90 Å². The maximum absolute atomic E-state index is 12.8. The van der Waals surface area contributed by atoms with Crippen LogP contribution in [-0.4, -0.2) is 43.4 Å². The molecule has 3 N–H and O–H groups in total. The second-order valence-electron chi connectivity index (χ2n) is 5.53. The van der Waals surface area contributed by atoms with Gasteiger partial charge in [-0.2, -0.15) is 0 Å². The zero-order valence-electron chi connectivity index (χ0n) is 13.6. The van der Waals surface area contributed by atoms with Crippen LogP contribution in [0.25, 0.3) is 11.0 Å². The Morgan fingerprint density at radius 1 is 1.12 bits per heavy atom. The van der Waals surface area contributed by atoms with E-state index >= 15 is 0 Å². The predicted octanol–water partition coefficient (Wildman–Crippen LogP) is 2.46. The number of hydrogen-bond donors (Lipinski definition) is 3. The van der Waals surface area contributed by atoms with E-state index in [1.807, 2.05) is 0 Å². The molecule has 9 heteroatoms. The number of aromatic amines is 1. The van der Waals surface area contributed by atoms with Gasteiger partial charge < -0.3 is 15.2 Å². The smallest absolute Gasteiger partial charge is 0.321 e. The van der Waals surface area contributed by atoms with Gasteiger partial charge in [0.25, 0.3) is 10.0 Å². The van der Waals surface area contributed by atoms with E-state index in [1.54, 1.807) is 56.7 Å². The predicted molar refractivity (Wildman–Crippen MR) is 96.0 cm³/mol. The molecule has 8 nitrogen and oxygen atoms in total. The van der Waals surface area contributed by atoms with Crippen molar-refractivity contribution in [2.24, 2.45) is 0 Å². The molecular formula is C16H17N5O3S. The number of benzene rings is 1. The summed E-state index contributed by atoms with van der Waals surface area (Å²) in [5, 5.41) is 3.15. The van der Waals surface area contributed by atoms with Crippen molar-refractivity contribution in [3.05, 3.63) is 48.8 Å². The quantitative estimate of drug-likeness (QED) is 0.665. The van der Waals surface area contributed by atoms with Gasteiger partial charge in [-0.05, 0) is 24.3 Å². The lowest BCUT2D eigenvalue weighted by Gasteiger charge is -2.16. The van der Waals surface area contributed by atoms with Gasteiger partial charge in [-0.15, -0.1) is 0 Å². The Hall–Kier alpha value is -3.07. The van der Waals surface area contributed by atoms with E-state index in [4.69, 9.17) is 0 Å². The van der Waals surface area contributed by atoms with Crippen LogP contribution >= 0.6 is 0 Å². The highest BCUT2D eigenvalue weighted by molar-refractivity contribution is 7.93. The molecule has 130 valence electrons. The monoisotopic (exact) mass is 359 g/mol. The Balaban J connectivity index is 1.95. The Kier molecular flexibility index (Phi) is 4.32. The van der Waals surface area contributed by atoms with Crippen molar-refractivity contribution in [1.82, 2.24) is 14.9 Å². The molecule has 2 amide bonds. The largest absolute Gasteiger partial charge is 0.345 e. The third-order valence-corrected chi connectivity index (χ3v) is 4.93. The van der Waals surface area contributed by atoms with Crippen LogP contribution in [0, 0.1) is 0 Å². The fraction of sp³-hybridized carbons (Fsp3) is 0.125. The SMILES string of the molecule is CN(C)C(=O)Nc1ccccc1NS(=O)(=O)c1c[nH]c2ncccc12. The number of nitrogens with one attached hydrogen (secondary N) is 3. The number of sulfonamides is 1. The van der Waals surface area contributed by atoms with Crippen molar-refractivity contribution in [1.29, 1.82) is 0 Å². The molecule has 0 aliphatic heterocycles.